The van der Waals surface area contributed by atoms with E-state index in [-0.39, 0.29) is 5.41 Å². The van der Waals surface area contributed by atoms with Crippen molar-refractivity contribution in [1.82, 2.24) is 9.80 Å². The van der Waals surface area contributed by atoms with Gasteiger partial charge in [-0.1, -0.05) is 6.92 Å². The normalized spacial score (nSPS) is 25.7. The first-order valence-electron chi connectivity index (χ1n) is 6.06. The molecule has 1 aliphatic carbocycles. The van der Waals surface area contributed by atoms with Gasteiger partial charge in [-0.05, 0) is 26.7 Å². The highest BCUT2D eigenvalue weighted by Gasteiger charge is 2.47. The lowest BCUT2D eigenvalue weighted by molar-refractivity contribution is -0.138. The largest absolute Gasteiger partial charge is 0.340 e. The van der Waals surface area contributed by atoms with E-state index in [0.29, 0.717) is 11.9 Å². The fourth-order valence-corrected chi connectivity index (χ4v) is 2.22. The van der Waals surface area contributed by atoms with E-state index in [1.54, 1.807) is 0 Å². The Morgan fingerprint density at radius 3 is 2.07 bits per heavy atom. The Bertz CT molecular complexity index is 250. The Morgan fingerprint density at radius 1 is 1.13 bits per heavy atom. The zero-order valence-electron chi connectivity index (χ0n) is 10.1. The molecule has 0 aromatic rings. The van der Waals surface area contributed by atoms with Crippen molar-refractivity contribution >= 4 is 5.91 Å². The standard InChI is InChI=1S/C12H22N2O/c1-10(2)13-6-8-14(9-7-13)11(15)12(3)4-5-12/h10H,4-9H2,1-3H3. The second kappa shape index (κ2) is 3.78. The molecule has 0 aromatic heterocycles. The molecule has 15 heavy (non-hydrogen) atoms. The van der Waals surface area contributed by atoms with Gasteiger partial charge in [-0.2, -0.15) is 0 Å². The molecule has 3 heteroatoms. The molecule has 0 atom stereocenters. The number of hydrogen-bond donors (Lipinski definition) is 0. The first-order valence-corrected chi connectivity index (χ1v) is 6.06. The van der Waals surface area contributed by atoms with Crippen molar-refractivity contribution in [2.24, 2.45) is 5.41 Å². The van der Waals surface area contributed by atoms with E-state index in [1.165, 1.54) is 0 Å². The van der Waals surface area contributed by atoms with Crippen molar-refractivity contribution in [3.05, 3.63) is 0 Å². The molecule has 0 bridgehead atoms. The van der Waals surface area contributed by atoms with Crippen LogP contribution in [0.15, 0.2) is 0 Å². The van der Waals surface area contributed by atoms with Crippen LogP contribution < -0.4 is 0 Å². The Labute approximate surface area is 92.4 Å². The maximum Gasteiger partial charge on any atom is 0.228 e. The molecule has 0 radical (unpaired) electrons. The summed E-state index contributed by atoms with van der Waals surface area (Å²) < 4.78 is 0. The van der Waals surface area contributed by atoms with Crippen LogP contribution in [-0.2, 0) is 4.79 Å². The summed E-state index contributed by atoms with van der Waals surface area (Å²) in [5, 5.41) is 0. The summed E-state index contributed by atoms with van der Waals surface area (Å²) in [6, 6.07) is 0.610. The molecule has 2 aliphatic rings. The number of hydrogen-bond acceptors (Lipinski definition) is 2. The van der Waals surface area contributed by atoms with Crippen molar-refractivity contribution in [2.75, 3.05) is 26.2 Å². The number of amides is 1. The van der Waals surface area contributed by atoms with Crippen LogP contribution in [0.2, 0.25) is 0 Å². The molecule has 0 unspecified atom stereocenters. The van der Waals surface area contributed by atoms with Crippen molar-refractivity contribution < 1.29 is 4.79 Å². The van der Waals surface area contributed by atoms with Crippen molar-refractivity contribution in [3.63, 3.8) is 0 Å². The van der Waals surface area contributed by atoms with Crippen molar-refractivity contribution in [1.29, 1.82) is 0 Å². The van der Waals surface area contributed by atoms with Crippen LogP contribution >= 0.6 is 0 Å². The van der Waals surface area contributed by atoms with E-state index in [2.05, 4.69) is 30.6 Å². The number of piperazine rings is 1. The number of carbonyl (C=O) groups is 1. The average molecular weight is 210 g/mol. The second-order valence-corrected chi connectivity index (χ2v) is 5.48. The molecule has 1 saturated heterocycles. The Morgan fingerprint density at radius 2 is 1.67 bits per heavy atom. The fourth-order valence-electron chi connectivity index (χ4n) is 2.22. The van der Waals surface area contributed by atoms with E-state index in [9.17, 15) is 4.79 Å². The third-order valence-electron chi connectivity index (χ3n) is 3.85. The molecule has 1 saturated carbocycles. The summed E-state index contributed by atoms with van der Waals surface area (Å²) in [6.45, 7) is 10.5. The van der Waals surface area contributed by atoms with Crippen LogP contribution in [-0.4, -0.2) is 47.9 Å². The maximum atomic E-state index is 12.1. The molecule has 1 amide bonds. The van der Waals surface area contributed by atoms with Crippen LogP contribution in [0.1, 0.15) is 33.6 Å². The molecule has 1 heterocycles. The molecule has 2 rings (SSSR count). The van der Waals surface area contributed by atoms with Gasteiger partial charge in [0.05, 0.1) is 0 Å². The van der Waals surface area contributed by atoms with Crippen LogP contribution in [0.4, 0.5) is 0 Å². The zero-order chi connectivity index (χ0) is 11.1. The quantitative estimate of drug-likeness (QED) is 0.686. The molecule has 86 valence electrons. The summed E-state index contributed by atoms with van der Waals surface area (Å²) in [6.07, 6.45) is 2.19. The number of rotatable bonds is 2. The highest BCUT2D eigenvalue weighted by Crippen LogP contribution is 2.46. The van der Waals surface area contributed by atoms with Crippen LogP contribution in [0.3, 0.4) is 0 Å². The molecule has 0 aromatic carbocycles. The first kappa shape index (κ1) is 10.9. The Kier molecular flexibility index (Phi) is 2.75. The van der Waals surface area contributed by atoms with E-state index in [4.69, 9.17) is 0 Å². The van der Waals surface area contributed by atoms with Gasteiger partial charge in [0.1, 0.15) is 0 Å². The van der Waals surface area contributed by atoms with E-state index >= 15 is 0 Å². The Hall–Kier alpha value is -0.570. The lowest BCUT2D eigenvalue weighted by Crippen LogP contribution is -2.52. The topological polar surface area (TPSA) is 23.6 Å². The monoisotopic (exact) mass is 210 g/mol. The molecular formula is C12H22N2O. The number of carbonyl (C=O) groups excluding carboxylic acids is 1. The van der Waals surface area contributed by atoms with Gasteiger partial charge in [-0.3, -0.25) is 9.69 Å². The van der Waals surface area contributed by atoms with Crippen LogP contribution in [0.5, 0.6) is 0 Å². The summed E-state index contributed by atoms with van der Waals surface area (Å²) >= 11 is 0. The van der Waals surface area contributed by atoms with Gasteiger partial charge in [0.25, 0.3) is 0 Å². The predicted molar refractivity (Wildman–Crippen MR) is 60.6 cm³/mol. The first-order chi connectivity index (χ1) is 7.03. The Balaban J connectivity index is 1.85. The van der Waals surface area contributed by atoms with Gasteiger partial charge in [0.15, 0.2) is 0 Å². The minimum atomic E-state index is 0.0139. The van der Waals surface area contributed by atoms with Gasteiger partial charge in [0, 0.05) is 37.6 Å². The predicted octanol–water partition coefficient (Wildman–Crippen LogP) is 1.34. The lowest BCUT2D eigenvalue weighted by atomic mass is 10.1. The SMILES string of the molecule is CC(C)N1CCN(C(=O)C2(C)CC2)CC1. The molecule has 0 N–H and O–H groups in total. The fraction of sp³-hybridized carbons (Fsp3) is 0.917. The van der Waals surface area contributed by atoms with Gasteiger partial charge >= 0.3 is 0 Å². The highest BCUT2D eigenvalue weighted by molar-refractivity contribution is 5.85. The second-order valence-electron chi connectivity index (χ2n) is 5.48. The smallest absolute Gasteiger partial charge is 0.228 e. The summed E-state index contributed by atoms with van der Waals surface area (Å²) in [5.74, 6) is 0.394. The van der Waals surface area contributed by atoms with E-state index in [1.807, 2.05) is 0 Å². The zero-order valence-corrected chi connectivity index (χ0v) is 10.1. The summed E-state index contributed by atoms with van der Waals surface area (Å²) in [7, 11) is 0. The molecule has 0 spiro atoms. The minimum Gasteiger partial charge on any atom is -0.340 e. The van der Waals surface area contributed by atoms with E-state index in [0.717, 1.165) is 39.0 Å². The van der Waals surface area contributed by atoms with Crippen molar-refractivity contribution in [3.8, 4) is 0 Å². The van der Waals surface area contributed by atoms with Gasteiger partial charge in [-0.15, -0.1) is 0 Å². The average Bonchev–Trinajstić information content (AvgIpc) is 2.97. The highest BCUT2D eigenvalue weighted by atomic mass is 16.2. The van der Waals surface area contributed by atoms with E-state index < -0.39 is 0 Å². The van der Waals surface area contributed by atoms with Crippen LogP contribution in [0, 0.1) is 5.41 Å². The number of nitrogens with zero attached hydrogens (tertiary/aromatic N) is 2. The van der Waals surface area contributed by atoms with Crippen molar-refractivity contribution in [2.45, 2.75) is 39.7 Å². The molecule has 1 aliphatic heterocycles. The third-order valence-corrected chi connectivity index (χ3v) is 3.85. The summed E-state index contributed by atoms with van der Waals surface area (Å²) in [4.78, 5) is 16.6. The molecule has 3 nitrogen and oxygen atoms in total. The van der Waals surface area contributed by atoms with Gasteiger partial charge in [0.2, 0.25) is 5.91 Å². The van der Waals surface area contributed by atoms with Gasteiger partial charge in [-0.25, -0.2) is 0 Å². The third kappa shape index (κ3) is 2.17. The van der Waals surface area contributed by atoms with Crippen LogP contribution in [0.25, 0.3) is 0 Å². The molecule has 2 fully saturated rings. The molecular weight excluding hydrogens is 188 g/mol. The minimum absolute atomic E-state index is 0.0139. The lowest BCUT2D eigenvalue weighted by Gasteiger charge is -2.38. The maximum absolute atomic E-state index is 12.1. The van der Waals surface area contributed by atoms with Gasteiger partial charge < -0.3 is 4.90 Å². The summed E-state index contributed by atoms with van der Waals surface area (Å²) in [5.41, 5.74) is 0.0139.